The third-order valence-electron chi connectivity index (χ3n) is 6.60. The van der Waals surface area contributed by atoms with Gasteiger partial charge in [-0.3, -0.25) is 14.7 Å². The Morgan fingerprint density at radius 2 is 2.03 bits per heavy atom. The first-order valence-corrected chi connectivity index (χ1v) is 11.8. The maximum absolute atomic E-state index is 13.2. The van der Waals surface area contributed by atoms with Gasteiger partial charge in [0.2, 0.25) is 5.78 Å². The lowest BCUT2D eigenvalue weighted by atomic mass is 9.94. The summed E-state index contributed by atoms with van der Waals surface area (Å²) in [5.41, 5.74) is 4.15. The molecule has 1 saturated heterocycles. The number of likely N-dealkylation sites (tertiary alicyclic amines) is 1. The van der Waals surface area contributed by atoms with Crippen molar-refractivity contribution in [1.29, 1.82) is 0 Å². The Labute approximate surface area is 200 Å². The monoisotopic (exact) mass is 452 g/mol. The van der Waals surface area contributed by atoms with E-state index in [9.17, 15) is 9.90 Å². The molecule has 0 saturated carbocycles. The molecule has 5 rings (SSSR count). The molecule has 0 unspecified atom stereocenters. The van der Waals surface area contributed by atoms with Crippen LogP contribution in [0.3, 0.4) is 0 Å². The van der Waals surface area contributed by atoms with Gasteiger partial charge in [-0.2, -0.15) is 0 Å². The number of hydrogen-bond acceptors (Lipinski definition) is 5. The van der Waals surface area contributed by atoms with Gasteiger partial charge in [0.1, 0.15) is 11.5 Å². The van der Waals surface area contributed by atoms with Gasteiger partial charge in [-0.15, -0.1) is 0 Å². The van der Waals surface area contributed by atoms with Crippen LogP contribution in [-0.4, -0.2) is 27.3 Å². The number of fused-ring (bicyclic) bond motifs is 1. The number of pyridine rings is 1. The van der Waals surface area contributed by atoms with Gasteiger partial charge in [0.05, 0.1) is 11.1 Å². The van der Waals surface area contributed by atoms with Gasteiger partial charge in [0, 0.05) is 25.0 Å². The van der Waals surface area contributed by atoms with Gasteiger partial charge in [0.15, 0.2) is 5.76 Å². The number of aryl methyl sites for hydroxylation is 1. The second-order valence-corrected chi connectivity index (χ2v) is 8.90. The predicted octanol–water partition coefficient (Wildman–Crippen LogP) is 6.00. The van der Waals surface area contributed by atoms with Gasteiger partial charge < -0.3 is 9.84 Å². The van der Waals surface area contributed by atoms with E-state index in [0.717, 1.165) is 36.9 Å². The molecule has 2 aliphatic heterocycles. The molecule has 2 aromatic carbocycles. The minimum atomic E-state index is -0.145. The minimum Gasteiger partial charge on any atom is -0.507 e. The maximum atomic E-state index is 13.2. The fourth-order valence-corrected chi connectivity index (χ4v) is 4.89. The number of allylic oxidation sites excluding steroid dienone is 3. The van der Waals surface area contributed by atoms with Crippen molar-refractivity contribution in [2.75, 3.05) is 6.54 Å². The molecule has 3 heterocycles. The Balaban J connectivity index is 1.44. The zero-order valence-electron chi connectivity index (χ0n) is 19.3. The number of aromatic hydroxyl groups is 1. The smallest absolute Gasteiger partial charge is 0.232 e. The molecule has 1 fully saturated rings. The van der Waals surface area contributed by atoms with E-state index < -0.39 is 0 Å². The van der Waals surface area contributed by atoms with Crippen molar-refractivity contribution in [2.45, 2.75) is 38.8 Å². The van der Waals surface area contributed by atoms with Crippen molar-refractivity contribution in [3.8, 4) is 11.5 Å². The lowest BCUT2D eigenvalue weighted by Gasteiger charge is -2.36. The first-order chi connectivity index (χ1) is 16.6. The van der Waals surface area contributed by atoms with Gasteiger partial charge >= 0.3 is 0 Å². The zero-order chi connectivity index (χ0) is 23.5. The zero-order valence-corrected chi connectivity index (χ0v) is 19.3. The van der Waals surface area contributed by atoms with Gasteiger partial charge in [-0.1, -0.05) is 55.0 Å². The third kappa shape index (κ3) is 4.39. The topological polar surface area (TPSA) is 62.7 Å². The Morgan fingerprint density at radius 3 is 2.82 bits per heavy atom. The van der Waals surface area contributed by atoms with Crippen LogP contribution < -0.4 is 4.74 Å². The second kappa shape index (κ2) is 9.65. The Hall–Kier alpha value is -3.70. The van der Waals surface area contributed by atoms with Crippen molar-refractivity contribution in [3.05, 3.63) is 107 Å². The normalized spacial score (nSPS) is 19.5. The molecular weight excluding hydrogens is 424 g/mol. The number of ether oxygens (including phenoxy) is 1. The second-order valence-electron chi connectivity index (χ2n) is 8.90. The molecule has 5 heteroatoms. The summed E-state index contributed by atoms with van der Waals surface area (Å²) in [5.74, 6) is 0.784. The van der Waals surface area contributed by atoms with Crippen LogP contribution in [0.5, 0.6) is 11.5 Å². The van der Waals surface area contributed by atoms with Crippen LogP contribution in [-0.2, 0) is 6.54 Å². The fourth-order valence-electron chi connectivity index (χ4n) is 4.89. The van der Waals surface area contributed by atoms with Crippen LogP contribution in [0.4, 0.5) is 0 Å². The van der Waals surface area contributed by atoms with Crippen molar-refractivity contribution < 1.29 is 14.6 Å². The molecule has 34 heavy (non-hydrogen) atoms. The summed E-state index contributed by atoms with van der Waals surface area (Å²) < 4.78 is 6.09. The van der Waals surface area contributed by atoms with E-state index in [0.29, 0.717) is 23.4 Å². The number of phenols is 1. The largest absolute Gasteiger partial charge is 0.507 e. The summed E-state index contributed by atoms with van der Waals surface area (Å²) >= 11 is 0. The molecular formula is C29H28N2O3. The summed E-state index contributed by atoms with van der Waals surface area (Å²) in [6, 6.07) is 15.9. The van der Waals surface area contributed by atoms with Crippen molar-refractivity contribution in [3.63, 3.8) is 0 Å². The number of aromatic nitrogens is 1. The van der Waals surface area contributed by atoms with Crippen LogP contribution in [0, 0.1) is 6.92 Å². The summed E-state index contributed by atoms with van der Waals surface area (Å²) in [5, 5.41) is 10.9. The van der Waals surface area contributed by atoms with Crippen LogP contribution in [0.15, 0.2) is 78.8 Å². The quantitative estimate of drug-likeness (QED) is 0.482. The average Bonchev–Trinajstić information content (AvgIpc) is 3.19. The first-order valence-electron chi connectivity index (χ1n) is 11.8. The molecule has 1 N–H and O–H groups in total. The summed E-state index contributed by atoms with van der Waals surface area (Å²) in [6.45, 7) is 3.26. The maximum Gasteiger partial charge on any atom is 0.232 e. The van der Waals surface area contributed by atoms with Crippen LogP contribution >= 0.6 is 0 Å². The Morgan fingerprint density at radius 1 is 1.18 bits per heavy atom. The van der Waals surface area contributed by atoms with Gasteiger partial charge in [-0.05, 0) is 61.2 Å². The number of phenolic OH excluding ortho intramolecular Hbond substituents is 1. The third-order valence-corrected chi connectivity index (χ3v) is 6.60. The van der Waals surface area contributed by atoms with Crippen LogP contribution in [0.2, 0.25) is 0 Å². The highest BCUT2D eigenvalue weighted by Crippen LogP contribution is 2.43. The Kier molecular flexibility index (Phi) is 6.28. The fraction of sp³-hybridized carbons (Fsp3) is 0.241. The molecule has 0 bridgehead atoms. The summed E-state index contributed by atoms with van der Waals surface area (Å²) in [7, 11) is 0. The molecule has 0 spiro atoms. The highest BCUT2D eigenvalue weighted by atomic mass is 16.5. The van der Waals surface area contributed by atoms with Gasteiger partial charge in [0.25, 0.3) is 0 Å². The molecule has 5 nitrogen and oxygen atoms in total. The molecule has 0 amide bonds. The van der Waals surface area contributed by atoms with E-state index in [2.05, 4.69) is 16.0 Å². The van der Waals surface area contributed by atoms with Crippen molar-refractivity contribution in [2.24, 2.45) is 0 Å². The molecule has 172 valence electrons. The molecule has 0 radical (unpaired) electrons. The molecule has 2 aliphatic rings. The van der Waals surface area contributed by atoms with E-state index in [-0.39, 0.29) is 23.3 Å². The number of Topliss-reactive ketones (excluding diaryl/α,β-unsaturated/α-hetero) is 1. The summed E-state index contributed by atoms with van der Waals surface area (Å²) in [4.78, 5) is 19.8. The highest BCUT2D eigenvalue weighted by Gasteiger charge is 2.34. The van der Waals surface area contributed by atoms with E-state index in [1.54, 1.807) is 18.3 Å². The van der Waals surface area contributed by atoms with E-state index >= 15 is 0 Å². The van der Waals surface area contributed by atoms with Crippen molar-refractivity contribution in [1.82, 2.24) is 9.88 Å². The van der Waals surface area contributed by atoms with Crippen LogP contribution in [0.1, 0.15) is 57.9 Å². The number of nitrogens with zero attached hydrogens (tertiary/aromatic N) is 2. The minimum absolute atomic E-state index is 0.145. The molecule has 0 aliphatic carbocycles. The Bertz CT molecular complexity index is 1250. The molecule has 1 aromatic heterocycles. The van der Waals surface area contributed by atoms with Gasteiger partial charge in [-0.25, -0.2) is 0 Å². The van der Waals surface area contributed by atoms with Crippen molar-refractivity contribution >= 4 is 11.9 Å². The molecule has 1 atom stereocenters. The number of rotatable bonds is 5. The standard InChI is InChI=1S/C29H28N2O3/c1-20-17-25(32)23(19-31-16-6-5-13-24(31)22-12-8-15-30-18-22)29-27(20)28(33)26(34-29)14-7-11-21-9-3-2-4-10-21/h2-4,7-12,14-15,17-18,24,32H,5-6,13,16,19H2,1H3/b11-7+,26-14-/t24-/m0/s1. The molecule has 3 aromatic rings. The van der Waals surface area contributed by atoms with E-state index in [1.165, 1.54) is 5.56 Å². The number of benzene rings is 2. The highest BCUT2D eigenvalue weighted by molar-refractivity contribution is 6.14. The number of carbonyl (C=O) groups is 1. The first kappa shape index (κ1) is 22.1. The predicted molar refractivity (Wildman–Crippen MR) is 133 cm³/mol. The average molecular weight is 453 g/mol. The lowest BCUT2D eigenvalue weighted by Crippen LogP contribution is -2.33. The lowest BCUT2D eigenvalue weighted by molar-refractivity contribution is 0.101. The van der Waals surface area contributed by atoms with E-state index in [4.69, 9.17) is 4.74 Å². The number of hydrogen-bond donors (Lipinski definition) is 1. The number of piperidine rings is 1. The SMILES string of the molecule is Cc1cc(O)c(CN2CCCC[C@H]2c2cccnc2)c2c1C(=O)/C(=C/C=C/c1ccccc1)O2. The summed E-state index contributed by atoms with van der Waals surface area (Å²) in [6.07, 6.45) is 12.5. The van der Waals surface area contributed by atoms with E-state index in [1.807, 2.05) is 61.7 Å². The van der Waals surface area contributed by atoms with Crippen LogP contribution in [0.25, 0.3) is 6.08 Å². The number of carbonyl (C=O) groups excluding carboxylic acids is 1. The number of ketones is 1.